The summed E-state index contributed by atoms with van der Waals surface area (Å²) in [5, 5.41) is 12.8. The number of amides is 2. The third kappa shape index (κ3) is 9.33. The van der Waals surface area contributed by atoms with Crippen molar-refractivity contribution >= 4 is 17.4 Å². The van der Waals surface area contributed by atoms with Crippen LogP contribution in [0.3, 0.4) is 0 Å². The molecule has 0 bridgehead atoms. The molecule has 0 aliphatic heterocycles. The molecule has 0 aliphatic carbocycles. The number of hydrogen-bond acceptors (Lipinski definition) is 3. The van der Waals surface area contributed by atoms with E-state index in [-0.39, 0.29) is 12.1 Å². The molecule has 1 aromatic heterocycles. The molecule has 3 N–H and O–H groups in total. The maximum Gasteiger partial charge on any atom is 0.315 e. The van der Waals surface area contributed by atoms with Crippen molar-refractivity contribution in [2.24, 2.45) is 0 Å². The third-order valence-corrected chi connectivity index (χ3v) is 4.00. The first-order chi connectivity index (χ1) is 11.7. The maximum absolute atomic E-state index is 11.8. The summed E-state index contributed by atoms with van der Waals surface area (Å²) in [5.41, 5.74) is 2.59. The van der Waals surface area contributed by atoms with Gasteiger partial charge in [0, 0.05) is 12.6 Å². The predicted molar refractivity (Wildman–Crippen MR) is 104 cm³/mol. The molecule has 132 valence electrons. The Hall–Kier alpha value is -1.85. The molecule has 0 radical (unpaired) electrons. The molecule has 24 heavy (non-hydrogen) atoms. The SMILES string of the molecule is CC(Cc1ccsc1)NC(=O)NCCCc1ccccc1.CNC. The minimum Gasteiger partial charge on any atom is -0.338 e. The largest absolute Gasteiger partial charge is 0.338 e. The average molecular weight is 348 g/mol. The maximum atomic E-state index is 11.8. The number of rotatable bonds is 7. The van der Waals surface area contributed by atoms with Crippen LogP contribution < -0.4 is 16.0 Å². The van der Waals surface area contributed by atoms with Gasteiger partial charge in [0.25, 0.3) is 0 Å². The second kappa shape index (κ2) is 12.6. The fourth-order valence-electron chi connectivity index (χ4n) is 2.23. The number of hydrogen-bond donors (Lipinski definition) is 3. The first kappa shape index (κ1) is 20.2. The van der Waals surface area contributed by atoms with E-state index in [1.54, 1.807) is 11.3 Å². The van der Waals surface area contributed by atoms with Gasteiger partial charge in [0.05, 0.1) is 0 Å². The van der Waals surface area contributed by atoms with Crippen LogP contribution >= 0.6 is 11.3 Å². The van der Waals surface area contributed by atoms with Crippen LogP contribution in [-0.4, -0.2) is 32.7 Å². The van der Waals surface area contributed by atoms with Gasteiger partial charge in [0.1, 0.15) is 0 Å². The molecule has 2 rings (SSSR count). The van der Waals surface area contributed by atoms with Crippen LogP contribution in [0, 0.1) is 0 Å². The molecule has 1 heterocycles. The highest BCUT2D eigenvalue weighted by molar-refractivity contribution is 7.07. The molecule has 0 fully saturated rings. The van der Waals surface area contributed by atoms with Crippen LogP contribution in [0.1, 0.15) is 24.5 Å². The number of thiophene rings is 1. The Morgan fingerprint density at radius 2 is 1.83 bits per heavy atom. The summed E-state index contributed by atoms with van der Waals surface area (Å²) >= 11 is 1.69. The Morgan fingerprint density at radius 1 is 1.12 bits per heavy atom. The normalized spacial score (nSPS) is 11.1. The van der Waals surface area contributed by atoms with Gasteiger partial charge in [-0.1, -0.05) is 30.3 Å². The van der Waals surface area contributed by atoms with E-state index in [9.17, 15) is 4.79 Å². The van der Waals surface area contributed by atoms with Crippen LogP contribution in [0.25, 0.3) is 0 Å². The van der Waals surface area contributed by atoms with Crippen molar-refractivity contribution in [3.05, 3.63) is 58.3 Å². The first-order valence-corrected chi connectivity index (χ1v) is 9.27. The minimum absolute atomic E-state index is 0.0780. The standard InChI is InChI=1S/C17H22N2OS.C2H7N/c1-14(12-16-9-11-21-13-16)19-17(20)18-10-5-8-15-6-3-2-4-7-15;1-3-2/h2-4,6-7,9,11,13-14H,5,8,10,12H2,1H3,(H2,18,19,20);3H,1-2H3. The fraction of sp³-hybridized carbons (Fsp3) is 0.421. The Labute approximate surface area is 149 Å². The summed E-state index contributed by atoms with van der Waals surface area (Å²) in [6.45, 7) is 2.73. The lowest BCUT2D eigenvalue weighted by Gasteiger charge is -2.14. The van der Waals surface area contributed by atoms with Crippen molar-refractivity contribution in [1.29, 1.82) is 0 Å². The molecule has 2 amide bonds. The van der Waals surface area contributed by atoms with Gasteiger partial charge in [-0.15, -0.1) is 0 Å². The molecule has 1 aromatic carbocycles. The van der Waals surface area contributed by atoms with Gasteiger partial charge in [-0.05, 0) is 68.2 Å². The van der Waals surface area contributed by atoms with Gasteiger partial charge in [0.2, 0.25) is 0 Å². The van der Waals surface area contributed by atoms with Crippen molar-refractivity contribution in [2.75, 3.05) is 20.6 Å². The summed E-state index contributed by atoms with van der Waals surface area (Å²) in [4.78, 5) is 11.8. The number of urea groups is 1. The lowest BCUT2D eigenvalue weighted by molar-refractivity contribution is 0.237. The van der Waals surface area contributed by atoms with Crippen LogP contribution in [-0.2, 0) is 12.8 Å². The number of aryl methyl sites for hydroxylation is 1. The average Bonchev–Trinajstić information content (AvgIpc) is 3.06. The number of carbonyl (C=O) groups is 1. The molecule has 1 unspecified atom stereocenters. The van der Waals surface area contributed by atoms with E-state index in [4.69, 9.17) is 0 Å². The zero-order valence-electron chi connectivity index (χ0n) is 14.8. The molecule has 0 saturated carbocycles. The Bertz CT molecular complexity index is 543. The summed E-state index contributed by atoms with van der Waals surface area (Å²) in [6, 6.07) is 12.5. The van der Waals surface area contributed by atoms with Gasteiger partial charge in [-0.3, -0.25) is 0 Å². The highest BCUT2D eigenvalue weighted by Gasteiger charge is 2.07. The van der Waals surface area contributed by atoms with Crippen LogP contribution in [0.4, 0.5) is 4.79 Å². The van der Waals surface area contributed by atoms with Crippen molar-refractivity contribution in [1.82, 2.24) is 16.0 Å². The first-order valence-electron chi connectivity index (χ1n) is 8.33. The minimum atomic E-state index is -0.0780. The molecule has 1 atom stereocenters. The zero-order chi connectivity index (χ0) is 17.6. The van der Waals surface area contributed by atoms with E-state index in [0.717, 1.165) is 19.3 Å². The molecular formula is C19H29N3OS. The highest BCUT2D eigenvalue weighted by atomic mass is 32.1. The Balaban J connectivity index is 0.000000891. The van der Waals surface area contributed by atoms with Gasteiger partial charge in [-0.25, -0.2) is 4.79 Å². The monoisotopic (exact) mass is 347 g/mol. The fourth-order valence-corrected chi connectivity index (χ4v) is 2.91. The van der Waals surface area contributed by atoms with Crippen molar-refractivity contribution in [3.8, 4) is 0 Å². The van der Waals surface area contributed by atoms with Crippen molar-refractivity contribution < 1.29 is 4.79 Å². The Morgan fingerprint density at radius 3 is 2.46 bits per heavy atom. The molecule has 0 saturated heterocycles. The van der Waals surface area contributed by atoms with Crippen LogP contribution in [0.5, 0.6) is 0 Å². The highest BCUT2D eigenvalue weighted by Crippen LogP contribution is 2.08. The van der Waals surface area contributed by atoms with Gasteiger partial charge in [0.15, 0.2) is 0 Å². The molecule has 0 aliphatic rings. The van der Waals surface area contributed by atoms with E-state index in [1.807, 2.05) is 39.2 Å². The van der Waals surface area contributed by atoms with Gasteiger partial charge in [-0.2, -0.15) is 11.3 Å². The van der Waals surface area contributed by atoms with E-state index in [0.29, 0.717) is 6.54 Å². The molecule has 4 nitrogen and oxygen atoms in total. The van der Waals surface area contributed by atoms with Crippen LogP contribution in [0.15, 0.2) is 47.2 Å². The molecular weight excluding hydrogens is 318 g/mol. The van der Waals surface area contributed by atoms with Crippen molar-refractivity contribution in [2.45, 2.75) is 32.2 Å². The number of nitrogens with one attached hydrogen (secondary N) is 3. The topological polar surface area (TPSA) is 53.2 Å². The second-order valence-electron chi connectivity index (χ2n) is 5.73. The second-order valence-corrected chi connectivity index (χ2v) is 6.51. The summed E-state index contributed by atoms with van der Waals surface area (Å²) in [6.07, 6.45) is 2.82. The summed E-state index contributed by atoms with van der Waals surface area (Å²) < 4.78 is 0. The molecule has 5 heteroatoms. The summed E-state index contributed by atoms with van der Waals surface area (Å²) in [5.74, 6) is 0. The number of carbonyl (C=O) groups excluding carboxylic acids is 1. The lowest BCUT2D eigenvalue weighted by Crippen LogP contribution is -2.42. The smallest absolute Gasteiger partial charge is 0.315 e. The quantitative estimate of drug-likeness (QED) is 0.672. The van der Waals surface area contributed by atoms with E-state index >= 15 is 0 Å². The van der Waals surface area contributed by atoms with Gasteiger partial charge >= 0.3 is 6.03 Å². The van der Waals surface area contributed by atoms with Crippen LogP contribution in [0.2, 0.25) is 0 Å². The molecule has 2 aromatic rings. The van der Waals surface area contributed by atoms with E-state index in [1.165, 1.54) is 11.1 Å². The summed E-state index contributed by atoms with van der Waals surface area (Å²) in [7, 11) is 3.75. The van der Waals surface area contributed by atoms with Gasteiger partial charge < -0.3 is 16.0 Å². The molecule has 0 spiro atoms. The van der Waals surface area contributed by atoms with E-state index in [2.05, 4.69) is 44.9 Å². The van der Waals surface area contributed by atoms with E-state index < -0.39 is 0 Å². The predicted octanol–water partition coefficient (Wildman–Crippen LogP) is 3.45. The Kier molecular flexibility index (Phi) is 10.6. The third-order valence-electron chi connectivity index (χ3n) is 3.27. The number of benzene rings is 1. The zero-order valence-corrected chi connectivity index (χ0v) is 15.7. The lowest BCUT2D eigenvalue weighted by atomic mass is 10.1. The van der Waals surface area contributed by atoms with Crippen molar-refractivity contribution in [3.63, 3.8) is 0 Å².